The third kappa shape index (κ3) is 6.24. The Balaban J connectivity index is 2.87. The summed E-state index contributed by atoms with van der Waals surface area (Å²) in [6.07, 6.45) is -2.92. The molecule has 0 radical (unpaired) electrons. The molecule has 10 N–H and O–H groups in total. The van der Waals surface area contributed by atoms with E-state index in [1.165, 1.54) is 6.92 Å². The average molecular weight is 362 g/mol. The maximum absolute atomic E-state index is 12.0. The highest BCUT2D eigenvalue weighted by Crippen LogP contribution is 2.17. The maximum Gasteiger partial charge on any atom is 0.328 e. The molecule has 1 rings (SSSR count). The molecule has 13 nitrogen and oxygen atoms in total. The van der Waals surface area contributed by atoms with Gasteiger partial charge in [-0.3, -0.25) is 0 Å². The van der Waals surface area contributed by atoms with E-state index in [1.54, 1.807) is 0 Å². The van der Waals surface area contributed by atoms with Crippen molar-refractivity contribution in [3.05, 3.63) is 11.7 Å². The first-order valence-corrected chi connectivity index (χ1v) is 7.27. The van der Waals surface area contributed by atoms with Crippen LogP contribution < -0.4 is 22.1 Å². The summed E-state index contributed by atoms with van der Waals surface area (Å²) in [6.45, 7) is 0.756. The van der Waals surface area contributed by atoms with Crippen molar-refractivity contribution in [3.63, 3.8) is 0 Å². The van der Waals surface area contributed by atoms with E-state index < -0.39 is 49.1 Å². The molecule has 0 aliphatic heterocycles. The highest BCUT2D eigenvalue weighted by atomic mass is 16.5. The summed E-state index contributed by atoms with van der Waals surface area (Å²) in [5, 5.41) is 44.5. The molecule has 0 aliphatic carbocycles. The van der Waals surface area contributed by atoms with Crippen molar-refractivity contribution >= 4 is 12.0 Å². The normalized spacial score (nSPS) is 17.2. The molecule has 2 unspecified atom stereocenters. The Morgan fingerprint density at radius 1 is 1.28 bits per heavy atom. The van der Waals surface area contributed by atoms with Crippen molar-refractivity contribution in [2.45, 2.75) is 43.8 Å². The van der Waals surface area contributed by atoms with Gasteiger partial charge < -0.3 is 47.1 Å². The van der Waals surface area contributed by atoms with Gasteiger partial charge in [0.15, 0.2) is 11.9 Å². The predicted octanol–water partition coefficient (Wildman–Crippen LogP) is -3.10. The highest BCUT2D eigenvalue weighted by Gasteiger charge is 2.28. The van der Waals surface area contributed by atoms with E-state index >= 15 is 0 Å². The molecular weight excluding hydrogens is 340 g/mol. The minimum atomic E-state index is -1.55. The molecule has 1 aromatic rings. The fourth-order valence-corrected chi connectivity index (χ4v) is 1.81. The maximum atomic E-state index is 12.0. The number of carboxylic acid groups (broad SMARTS) is 1. The highest BCUT2D eigenvalue weighted by molar-refractivity contribution is 5.83. The van der Waals surface area contributed by atoms with Crippen LogP contribution >= 0.6 is 0 Å². The second-order valence-corrected chi connectivity index (χ2v) is 5.31. The van der Waals surface area contributed by atoms with Gasteiger partial charge in [-0.25, -0.2) is 9.59 Å². The van der Waals surface area contributed by atoms with Crippen LogP contribution in [0, 0.1) is 0 Å². The van der Waals surface area contributed by atoms with Gasteiger partial charge in [-0.2, -0.15) is 4.98 Å². The van der Waals surface area contributed by atoms with Crippen LogP contribution in [0.5, 0.6) is 0 Å². The van der Waals surface area contributed by atoms with E-state index in [2.05, 4.69) is 20.8 Å². The van der Waals surface area contributed by atoms with Crippen molar-refractivity contribution in [2.24, 2.45) is 11.5 Å². The molecule has 0 saturated heterocycles. The molecule has 0 aromatic carbocycles. The fourth-order valence-electron chi connectivity index (χ4n) is 1.81. The Kier molecular flexibility index (Phi) is 7.66. The number of rotatable bonds is 9. The van der Waals surface area contributed by atoms with E-state index in [4.69, 9.17) is 26.2 Å². The SMILES string of the molecule is CC(O)[C@H](NC(=O)N[C@@H](CC(N)O)c1nc([C@@H](N)CO)no1)C(=O)O. The molecule has 13 heteroatoms. The van der Waals surface area contributed by atoms with Gasteiger partial charge in [0.05, 0.1) is 18.8 Å². The van der Waals surface area contributed by atoms with E-state index in [-0.39, 0.29) is 18.1 Å². The second-order valence-electron chi connectivity index (χ2n) is 5.31. The number of nitrogens with zero attached hydrogens (tertiary/aromatic N) is 2. The van der Waals surface area contributed by atoms with E-state index in [0.717, 1.165) is 0 Å². The van der Waals surface area contributed by atoms with Gasteiger partial charge in [-0.1, -0.05) is 5.16 Å². The number of nitrogens with two attached hydrogens (primary N) is 2. The van der Waals surface area contributed by atoms with Gasteiger partial charge in [0.2, 0.25) is 5.89 Å². The summed E-state index contributed by atoms with van der Waals surface area (Å²) in [5.41, 5.74) is 10.8. The molecule has 5 atom stereocenters. The van der Waals surface area contributed by atoms with Crippen LogP contribution in [0.1, 0.15) is 37.1 Å². The smallest absolute Gasteiger partial charge is 0.328 e. The van der Waals surface area contributed by atoms with Crippen LogP contribution in [0.25, 0.3) is 0 Å². The van der Waals surface area contributed by atoms with Crippen LogP contribution in [0.2, 0.25) is 0 Å². The first-order valence-electron chi connectivity index (χ1n) is 7.27. The van der Waals surface area contributed by atoms with E-state index in [9.17, 15) is 19.8 Å². The summed E-state index contributed by atoms with van der Waals surface area (Å²) < 4.78 is 4.92. The Morgan fingerprint density at radius 2 is 1.92 bits per heavy atom. The predicted molar refractivity (Wildman–Crippen MR) is 80.6 cm³/mol. The third-order valence-corrected chi connectivity index (χ3v) is 3.10. The number of nitrogens with one attached hydrogen (secondary N) is 2. The molecule has 25 heavy (non-hydrogen) atoms. The molecule has 0 spiro atoms. The number of aliphatic hydroxyl groups is 3. The van der Waals surface area contributed by atoms with Crippen LogP contribution in [0.3, 0.4) is 0 Å². The van der Waals surface area contributed by atoms with Crippen molar-refractivity contribution in [1.29, 1.82) is 0 Å². The van der Waals surface area contributed by atoms with Crippen molar-refractivity contribution < 1.29 is 34.5 Å². The van der Waals surface area contributed by atoms with Gasteiger partial charge in [0.25, 0.3) is 0 Å². The molecule has 1 heterocycles. The largest absolute Gasteiger partial charge is 0.480 e. The van der Waals surface area contributed by atoms with Crippen LogP contribution in [-0.2, 0) is 4.79 Å². The Bertz CT molecular complexity index is 578. The zero-order valence-electron chi connectivity index (χ0n) is 13.4. The van der Waals surface area contributed by atoms with E-state index in [1.807, 2.05) is 0 Å². The zero-order chi connectivity index (χ0) is 19.1. The lowest BCUT2D eigenvalue weighted by atomic mass is 10.1. The molecule has 0 bridgehead atoms. The number of aliphatic hydroxyl groups excluding tert-OH is 3. The van der Waals surface area contributed by atoms with E-state index in [0.29, 0.717) is 0 Å². The number of carbonyl (C=O) groups excluding carboxylic acids is 1. The number of amides is 2. The van der Waals surface area contributed by atoms with Crippen LogP contribution in [-0.4, -0.2) is 67.5 Å². The summed E-state index contributed by atoms with van der Waals surface area (Å²) in [6, 6.07) is -4.48. The van der Waals surface area contributed by atoms with Crippen molar-refractivity contribution in [1.82, 2.24) is 20.8 Å². The standard InChI is InChI=1S/C12H22N6O7/c1-4(20)8(11(22)23)16-12(24)15-6(2-7(14)21)10-17-9(18-25-10)5(13)3-19/h4-8,19-21H,2-3,13-14H2,1H3,(H,22,23)(H2,15,16,24)/t4?,5-,6-,7?,8-/m0/s1. The summed E-state index contributed by atoms with van der Waals surface area (Å²) in [5.74, 6) is -1.61. The first-order chi connectivity index (χ1) is 11.6. The van der Waals surface area contributed by atoms with Gasteiger partial charge in [0.1, 0.15) is 12.3 Å². The molecule has 2 amide bonds. The first kappa shape index (κ1) is 20.7. The molecule has 0 fully saturated rings. The minimum absolute atomic E-state index is 0.0244. The number of hydrogen-bond donors (Lipinski definition) is 8. The zero-order valence-corrected chi connectivity index (χ0v) is 13.4. The fraction of sp³-hybridized carbons (Fsp3) is 0.667. The van der Waals surface area contributed by atoms with Gasteiger partial charge in [-0.15, -0.1) is 0 Å². The molecule has 0 saturated carbocycles. The molecular formula is C12H22N6O7. The van der Waals surface area contributed by atoms with Gasteiger partial charge in [-0.05, 0) is 6.92 Å². The Morgan fingerprint density at radius 3 is 2.40 bits per heavy atom. The number of carboxylic acids is 1. The number of aromatic nitrogens is 2. The Hall–Kier alpha value is -2.32. The molecule has 1 aromatic heterocycles. The summed E-state index contributed by atoms with van der Waals surface area (Å²) in [7, 11) is 0. The third-order valence-electron chi connectivity index (χ3n) is 3.10. The lowest BCUT2D eigenvalue weighted by molar-refractivity contribution is -0.141. The van der Waals surface area contributed by atoms with Gasteiger partial charge >= 0.3 is 12.0 Å². The van der Waals surface area contributed by atoms with Crippen molar-refractivity contribution in [2.75, 3.05) is 6.61 Å². The topological polar surface area (TPSA) is 230 Å². The summed E-state index contributed by atoms with van der Waals surface area (Å²) >= 11 is 0. The van der Waals surface area contributed by atoms with Crippen LogP contribution in [0.15, 0.2) is 4.52 Å². The Labute approximate surface area is 142 Å². The summed E-state index contributed by atoms with van der Waals surface area (Å²) in [4.78, 5) is 26.8. The molecule has 0 aliphatic rings. The van der Waals surface area contributed by atoms with Crippen molar-refractivity contribution in [3.8, 4) is 0 Å². The number of aliphatic carboxylic acids is 1. The minimum Gasteiger partial charge on any atom is -0.480 e. The lowest BCUT2D eigenvalue weighted by Gasteiger charge is -2.21. The monoisotopic (exact) mass is 362 g/mol. The number of carbonyl (C=O) groups is 2. The van der Waals surface area contributed by atoms with Gasteiger partial charge in [0, 0.05) is 6.42 Å². The second kappa shape index (κ2) is 9.24. The number of urea groups is 1. The van der Waals surface area contributed by atoms with Crippen LogP contribution in [0.4, 0.5) is 4.79 Å². The average Bonchev–Trinajstić information content (AvgIpc) is 3.00. The number of hydrogen-bond acceptors (Lipinski definition) is 10. The lowest BCUT2D eigenvalue weighted by Crippen LogP contribution is -2.52. The quantitative estimate of drug-likeness (QED) is 0.205. The molecule has 142 valence electrons.